The number of aryl methyl sites for hydroxylation is 1. The van der Waals surface area contributed by atoms with E-state index in [0.29, 0.717) is 28.6 Å². The van der Waals surface area contributed by atoms with E-state index in [9.17, 15) is 9.59 Å². The first kappa shape index (κ1) is 26.8. The summed E-state index contributed by atoms with van der Waals surface area (Å²) in [6.45, 7) is 6.30. The van der Waals surface area contributed by atoms with Crippen LogP contribution in [0.3, 0.4) is 0 Å². The summed E-state index contributed by atoms with van der Waals surface area (Å²) in [6.07, 6.45) is 1.20. The van der Waals surface area contributed by atoms with Gasteiger partial charge in [-0.25, -0.2) is 0 Å². The summed E-state index contributed by atoms with van der Waals surface area (Å²) in [7, 11) is 0. The Hall–Kier alpha value is -2.82. The second-order valence-electron chi connectivity index (χ2n) is 8.91. The van der Waals surface area contributed by atoms with Gasteiger partial charge in [-0.15, -0.1) is 0 Å². The maximum atomic E-state index is 13.8. The van der Waals surface area contributed by atoms with Crippen molar-refractivity contribution in [3.63, 3.8) is 0 Å². The molecule has 2 amide bonds. The first-order valence-corrected chi connectivity index (χ1v) is 12.7. The molecule has 35 heavy (non-hydrogen) atoms. The standard InChI is InChI=1S/C29H32Cl2N2O2/c1-4-21(3)32-29(35)27(17-22-9-6-5-7-10-22)33(19-23-15-13-20(2)14-16-23)28(34)18-24-25(30)11-8-12-26(24)31/h5-16,21,27H,4,17-19H2,1-3H3,(H,32,35). The number of rotatable bonds is 10. The van der Waals surface area contributed by atoms with Crippen LogP contribution >= 0.6 is 23.2 Å². The van der Waals surface area contributed by atoms with Crippen molar-refractivity contribution in [2.24, 2.45) is 0 Å². The molecule has 0 saturated carbocycles. The van der Waals surface area contributed by atoms with E-state index in [2.05, 4.69) is 5.32 Å². The van der Waals surface area contributed by atoms with Gasteiger partial charge in [0.15, 0.2) is 0 Å². The fourth-order valence-corrected chi connectivity index (χ4v) is 4.37. The molecule has 0 bridgehead atoms. The van der Waals surface area contributed by atoms with Crippen LogP contribution in [0.15, 0.2) is 72.8 Å². The average molecular weight is 511 g/mol. The van der Waals surface area contributed by atoms with Crippen molar-refractivity contribution < 1.29 is 9.59 Å². The first-order chi connectivity index (χ1) is 16.8. The molecule has 3 aromatic carbocycles. The molecule has 2 atom stereocenters. The number of halogens is 2. The van der Waals surface area contributed by atoms with Gasteiger partial charge < -0.3 is 10.2 Å². The smallest absolute Gasteiger partial charge is 0.243 e. The Balaban J connectivity index is 2.00. The molecule has 1 N–H and O–H groups in total. The zero-order valence-electron chi connectivity index (χ0n) is 20.4. The van der Waals surface area contributed by atoms with Gasteiger partial charge >= 0.3 is 0 Å². The van der Waals surface area contributed by atoms with Crippen molar-refractivity contribution in [1.29, 1.82) is 0 Å². The van der Waals surface area contributed by atoms with Crippen LogP contribution in [0.2, 0.25) is 10.0 Å². The number of nitrogens with one attached hydrogen (secondary N) is 1. The number of carbonyl (C=O) groups is 2. The minimum Gasteiger partial charge on any atom is -0.352 e. The van der Waals surface area contributed by atoms with Crippen LogP contribution in [0.25, 0.3) is 0 Å². The Morgan fingerprint density at radius 3 is 2.11 bits per heavy atom. The predicted octanol–water partition coefficient (Wildman–Crippen LogP) is 6.40. The molecule has 0 aliphatic carbocycles. The Morgan fingerprint density at radius 1 is 0.886 bits per heavy atom. The number of carbonyl (C=O) groups excluding carboxylic acids is 2. The lowest BCUT2D eigenvalue weighted by Gasteiger charge is -2.32. The molecule has 0 fully saturated rings. The topological polar surface area (TPSA) is 49.4 Å². The molecule has 4 nitrogen and oxygen atoms in total. The highest BCUT2D eigenvalue weighted by Gasteiger charge is 2.31. The van der Waals surface area contributed by atoms with E-state index < -0.39 is 6.04 Å². The molecule has 3 rings (SSSR count). The lowest BCUT2D eigenvalue weighted by atomic mass is 10.0. The zero-order valence-corrected chi connectivity index (χ0v) is 21.9. The van der Waals surface area contributed by atoms with Gasteiger partial charge in [-0.1, -0.05) is 96.4 Å². The van der Waals surface area contributed by atoms with Gasteiger partial charge in [-0.2, -0.15) is 0 Å². The maximum absolute atomic E-state index is 13.8. The van der Waals surface area contributed by atoms with Gasteiger partial charge in [0.25, 0.3) is 0 Å². The Kier molecular flexibility index (Phi) is 9.76. The molecular formula is C29H32Cl2N2O2. The number of benzene rings is 3. The zero-order chi connectivity index (χ0) is 25.4. The maximum Gasteiger partial charge on any atom is 0.243 e. The third-order valence-electron chi connectivity index (χ3n) is 6.14. The van der Waals surface area contributed by atoms with E-state index in [0.717, 1.165) is 23.1 Å². The van der Waals surface area contributed by atoms with Crippen LogP contribution in [0.1, 0.15) is 42.5 Å². The summed E-state index contributed by atoms with van der Waals surface area (Å²) < 4.78 is 0. The number of nitrogens with zero attached hydrogens (tertiary/aromatic N) is 1. The molecular weight excluding hydrogens is 479 g/mol. The van der Waals surface area contributed by atoms with Crippen LogP contribution in [0.4, 0.5) is 0 Å². The van der Waals surface area contributed by atoms with E-state index in [4.69, 9.17) is 23.2 Å². The second-order valence-corrected chi connectivity index (χ2v) is 9.72. The van der Waals surface area contributed by atoms with Crippen LogP contribution < -0.4 is 5.32 Å². The molecule has 6 heteroatoms. The lowest BCUT2D eigenvalue weighted by Crippen LogP contribution is -2.52. The molecule has 0 spiro atoms. The van der Waals surface area contributed by atoms with E-state index in [1.165, 1.54) is 0 Å². The normalized spacial score (nSPS) is 12.6. The summed E-state index contributed by atoms with van der Waals surface area (Å²) in [6, 6.07) is 22.3. The van der Waals surface area contributed by atoms with E-state index >= 15 is 0 Å². The Labute approximate surface area is 218 Å². The van der Waals surface area contributed by atoms with Crippen molar-refractivity contribution in [1.82, 2.24) is 10.2 Å². The van der Waals surface area contributed by atoms with Crippen molar-refractivity contribution in [3.05, 3.63) is 105 Å². The number of hydrogen-bond donors (Lipinski definition) is 1. The molecule has 0 saturated heterocycles. The number of amides is 2. The summed E-state index contributed by atoms with van der Waals surface area (Å²) in [5.74, 6) is -0.380. The van der Waals surface area contributed by atoms with E-state index in [1.54, 1.807) is 23.1 Å². The average Bonchev–Trinajstić information content (AvgIpc) is 2.85. The second kappa shape index (κ2) is 12.8. The molecule has 0 heterocycles. The molecule has 184 valence electrons. The Bertz CT molecular complexity index is 1110. The van der Waals surface area contributed by atoms with Gasteiger partial charge in [-0.3, -0.25) is 9.59 Å². The quantitative estimate of drug-likeness (QED) is 0.343. The summed E-state index contributed by atoms with van der Waals surface area (Å²) in [5, 5.41) is 3.95. The first-order valence-electron chi connectivity index (χ1n) is 11.9. The molecule has 2 unspecified atom stereocenters. The van der Waals surface area contributed by atoms with Crippen molar-refractivity contribution in [2.45, 2.75) is 58.7 Å². The molecule has 0 aliphatic rings. The Morgan fingerprint density at radius 2 is 1.51 bits per heavy atom. The van der Waals surface area contributed by atoms with Gasteiger partial charge in [0, 0.05) is 29.1 Å². The predicted molar refractivity (Wildman–Crippen MR) is 144 cm³/mol. The molecule has 3 aromatic rings. The summed E-state index contributed by atoms with van der Waals surface area (Å²) >= 11 is 12.8. The van der Waals surface area contributed by atoms with E-state index in [1.807, 2.05) is 75.4 Å². The van der Waals surface area contributed by atoms with Crippen LogP contribution in [-0.2, 0) is 29.0 Å². The monoisotopic (exact) mass is 510 g/mol. The lowest BCUT2D eigenvalue weighted by molar-refractivity contribution is -0.141. The van der Waals surface area contributed by atoms with Crippen molar-refractivity contribution in [2.75, 3.05) is 0 Å². The molecule has 0 radical (unpaired) electrons. The minimum absolute atomic E-state index is 0.00453. The minimum atomic E-state index is -0.693. The summed E-state index contributed by atoms with van der Waals surface area (Å²) in [5.41, 5.74) is 3.62. The van der Waals surface area contributed by atoms with Gasteiger partial charge in [0.05, 0.1) is 6.42 Å². The fraction of sp³-hybridized carbons (Fsp3) is 0.310. The van der Waals surface area contributed by atoms with Crippen molar-refractivity contribution >= 4 is 35.0 Å². The summed E-state index contributed by atoms with van der Waals surface area (Å²) in [4.78, 5) is 29.0. The highest BCUT2D eigenvalue weighted by Crippen LogP contribution is 2.26. The SMILES string of the molecule is CCC(C)NC(=O)C(Cc1ccccc1)N(Cc1ccc(C)cc1)C(=O)Cc1c(Cl)cccc1Cl. The third kappa shape index (κ3) is 7.58. The van der Waals surface area contributed by atoms with E-state index in [-0.39, 0.29) is 24.3 Å². The van der Waals surface area contributed by atoms with Gasteiger partial charge in [0.2, 0.25) is 11.8 Å². The van der Waals surface area contributed by atoms with Crippen LogP contribution in [0, 0.1) is 6.92 Å². The largest absolute Gasteiger partial charge is 0.352 e. The third-order valence-corrected chi connectivity index (χ3v) is 6.84. The van der Waals surface area contributed by atoms with Crippen molar-refractivity contribution in [3.8, 4) is 0 Å². The molecule has 0 aliphatic heterocycles. The molecule has 0 aromatic heterocycles. The van der Waals surface area contributed by atoms with Gasteiger partial charge in [0.1, 0.15) is 6.04 Å². The fourth-order valence-electron chi connectivity index (χ4n) is 3.84. The van der Waals surface area contributed by atoms with Crippen LogP contribution in [0.5, 0.6) is 0 Å². The number of hydrogen-bond acceptors (Lipinski definition) is 2. The van der Waals surface area contributed by atoms with Crippen LogP contribution in [-0.4, -0.2) is 28.8 Å². The van der Waals surface area contributed by atoms with Gasteiger partial charge in [-0.05, 0) is 49.1 Å². The highest BCUT2D eigenvalue weighted by molar-refractivity contribution is 6.36. The highest BCUT2D eigenvalue weighted by atomic mass is 35.5.